The predicted octanol–water partition coefficient (Wildman–Crippen LogP) is 5.66. The van der Waals surface area contributed by atoms with E-state index >= 15 is 0 Å². The summed E-state index contributed by atoms with van der Waals surface area (Å²) in [4.78, 5) is 30.1. The summed E-state index contributed by atoms with van der Waals surface area (Å²) in [7, 11) is 0. The zero-order chi connectivity index (χ0) is 22.5. The molecule has 0 fully saturated rings. The van der Waals surface area contributed by atoms with Gasteiger partial charge in [-0.25, -0.2) is 9.37 Å². The number of anilines is 1. The fourth-order valence-corrected chi connectivity index (χ4v) is 4.86. The second-order valence-corrected chi connectivity index (χ2v) is 9.12. The number of rotatable bonds is 8. The highest BCUT2D eigenvalue weighted by molar-refractivity contribution is 7.99. The Kier molecular flexibility index (Phi) is 7.02. The van der Waals surface area contributed by atoms with Gasteiger partial charge in [0.2, 0.25) is 5.91 Å². The van der Waals surface area contributed by atoms with Crippen molar-refractivity contribution in [3.05, 3.63) is 81.7 Å². The largest absolute Gasteiger partial charge is 0.325 e. The number of nitrogens with one attached hydrogen (secondary N) is 1. The summed E-state index contributed by atoms with van der Waals surface area (Å²) in [5, 5.41) is 4.91. The van der Waals surface area contributed by atoms with E-state index in [-0.39, 0.29) is 28.1 Å². The summed E-state index contributed by atoms with van der Waals surface area (Å²) < 4.78 is 16.2. The quantitative estimate of drug-likeness (QED) is 0.268. The van der Waals surface area contributed by atoms with E-state index in [1.54, 1.807) is 23.6 Å². The number of carbonyl (C=O) groups is 1. The van der Waals surface area contributed by atoms with E-state index in [0.29, 0.717) is 15.9 Å². The third-order valence-corrected chi connectivity index (χ3v) is 6.76. The fourth-order valence-electron chi connectivity index (χ4n) is 3.30. The number of halogens is 1. The average Bonchev–Trinajstić information content (AvgIpc) is 3.27. The van der Waals surface area contributed by atoms with Gasteiger partial charge in [0.1, 0.15) is 10.5 Å². The van der Waals surface area contributed by atoms with Gasteiger partial charge in [-0.05, 0) is 54.1 Å². The monoisotopic (exact) mass is 467 g/mol. The Hall–Kier alpha value is -2.97. The lowest BCUT2D eigenvalue weighted by Gasteiger charge is -2.13. The lowest BCUT2D eigenvalue weighted by atomic mass is 10.1. The van der Waals surface area contributed by atoms with Crippen LogP contribution in [-0.4, -0.2) is 21.2 Å². The highest BCUT2D eigenvalue weighted by atomic mass is 32.2. The van der Waals surface area contributed by atoms with Crippen molar-refractivity contribution in [2.45, 2.75) is 31.3 Å². The van der Waals surface area contributed by atoms with Gasteiger partial charge in [0.25, 0.3) is 5.56 Å². The van der Waals surface area contributed by atoms with Crippen LogP contribution in [0.4, 0.5) is 10.1 Å². The van der Waals surface area contributed by atoms with Gasteiger partial charge in [-0.2, -0.15) is 0 Å². The number of amides is 1. The molecular weight excluding hydrogens is 445 g/mol. The van der Waals surface area contributed by atoms with Crippen molar-refractivity contribution >= 4 is 44.9 Å². The smallest absolute Gasteiger partial charge is 0.276 e. The minimum atomic E-state index is -0.526. The molecule has 0 aliphatic rings. The van der Waals surface area contributed by atoms with Gasteiger partial charge in [0.15, 0.2) is 5.16 Å². The van der Waals surface area contributed by atoms with Gasteiger partial charge in [-0.15, -0.1) is 11.3 Å². The van der Waals surface area contributed by atoms with Crippen LogP contribution in [0.25, 0.3) is 15.9 Å². The highest BCUT2D eigenvalue weighted by Gasteiger charge is 2.17. The van der Waals surface area contributed by atoms with Gasteiger partial charge in [-0.3, -0.25) is 14.2 Å². The molecule has 0 unspecified atom stereocenters. The molecule has 8 heteroatoms. The number of thiophene rings is 1. The second-order valence-electron chi connectivity index (χ2n) is 7.26. The van der Waals surface area contributed by atoms with Gasteiger partial charge >= 0.3 is 0 Å². The second kappa shape index (κ2) is 10.1. The Balaban J connectivity index is 1.54. The van der Waals surface area contributed by atoms with E-state index in [1.807, 2.05) is 24.3 Å². The summed E-state index contributed by atoms with van der Waals surface area (Å²) in [5.74, 6) is -0.716. The van der Waals surface area contributed by atoms with Gasteiger partial charge in [0, 0.05) is 5.69 Å². The van der Waals surface area contributed by atoms with Crippen molar-refractivity contribution < 1.29 is 9.18 Å². The highest BCUT2D eigenvalue weighted by Crippen LogP contribution is 2.25. The standard InChI is InChI=1S/C24H22FN3O2S2/c1-2-3-6-16-9-11-17(12-10-16)26-21(29)15-32-24-27-19-13-14-31-22(19)23(30)28(24)20-8-5-4-7-18(20)25/h4-5,7-14H,2-3,6,15H2,1H3,(H,26,29). The maximum atomic E-state index is 14.5. The number of hydrogen-bond donors (Lipinski definition) is 1. The molecule has 0 bridgehead atoms. The van der Waals surface area contributed by atoms with E-state index in [4.69, 9.17) is 0 Å². The zero-order valence-corrected chi connectivity index (χ0v) is 19.1. The number of para-hydroxylation sites is 1. The molecule has 164 valence electrons. The summed E-state index contributed by atoms with van der Waals surface area (Å²) in [5.41, 5.74) is 2.26. The first kappa shape index (κ1) is 22.2. The predicted molar refractivity (Wildman–Crippen MR) is 130 cm³/mol. The number of thioether (sulfide) groups is 1. The Morgan fingerprint density at radius 3 is 2.69 bits per heavy atom. The minimum Gasteiger partial charge on any atom is -0.325 e. The average molecular weight is 468 g/mol. The number of fused-ring (bicyclic) bond motifs is 1. The van der Waals surface area contributed by atoms with Crippen LogP contribution in [0, 0.1) is 5.82 Å². The topological polar surface area (TPSA) is 64.0 Å². The van der Waals surface area contributed by atoms with E-state index in [1.165, 1.54) is 33.6 Å². The molecule has 0 radical (unpaired) electrons. The number of aromatic nitrogens is 2. The molecule has 4 aromatic rings. The molecule has 32 heavy (non-hydrogen) atoms. The number of aryl methyl sites for hydroxylation is 1. The molecule has 0 atom stereocenters. The summed E-state index contributed by atoms with van der Waals surface area (Å²) in [6, 6.07) is 15.6. The first-order chi connectivity index (χ1) is 15.6. The Morgan fingerprint density at radius 1 is 1.16 bits per heavy atom. The Labute approximate surface area is 193 Å². The molecule has 0 aliphatic heterocycles. The maximum Gasteiger partial charge on any atom is 0.276 e. The first-order valence-electron chi connectivity index (χ1n) is 10.3. The lowest BCUT2D eigenvalue weighted by Crippen LogP contribution is -2.23. The van der Waals surface area contributed by atoms with Crippen LogP contribution in [0.5, 0.6) is 0 Å². The number of hydrogen-bond acceptors (Lipinski definition) is 5. The van der Waals surface area contributed by atoms with E-state index in [0.717, 1.165) is 31.0 Å². The minimum absolute atomic E-state index is 0.0358. The Morgan fingerprint density at radius 2 is 1.94 bits per heavy atom. The fraction of sp³-hybridized carbons (Fsp3) is 0.208. The van der Waals surface area contributed by atoms with Crippen LogP contribution in [0.2, 0.25) is 0 Å². The number of unbranched alkanes of at least 4 members (excludes halogenated alkanes) is 1. The van der Waals surface area contributed by atoms with E-state index in [9.17, 15) is 14.0 Å². The van der Waals surface area contributed by atoms with Crippen molar-refractivity contribution in [3.8, 4) is 5.69 Å². The normalized spacial score (nSPS) is 11.1. The van der Waals surface area contributed by atoms with Crippen LogP contribution in [0.1, 0.15) is 25.3 Å². The maximum absolute atomic E-state index is 14.5. The Bertz CT molecular complexity index is 1300. The first-order valence-corrected chi connectivity index (χ1v) is 12.2. The molecule has 4 rings (SSSR count). The van der Waals surface area contributed by atoms with Crippen molar-refractivity contribution in [1.82, 2.24) is 9.55 Å². The molecular formula is C24H22FN3O2S2. The number of benzene rings is 2. The third kappa shape index (κ3) is 4.92. The van der Waals surface area contributed by atoms with Crippen molar-refractivity contribution in [2.75, 3.05) is 11.1 Å². The zero-order valence-electron chi connectivity index (χ0n) is 17.5. The summed E-state index contributed by atoms with van der Waals surface area (Å²) >= 11 is 2.36. The molecule has 0 saturated carbocycles. The molecule has 1 amide bonds. The number of nitrogens with zero attached hydrogens (tertiary/aromatic N) is 2. The van der Waals surface area contributed by atoms with E-state index < -0.39 is 5.82 Å². The molecule has 2 aromatic carbocycles. The SMILES string of the molecule is CCCCc1ccc(NC(=O)CSc2nc3ccsc3c(=O)n2-c2ccccc2F)cc1. The molecule has 0 saturated heterocycles. The molecule has 1 N–H and O–H groups in total. The van der Waals surface area contributed by atoms with Crippen molar-refractivity contribution in [2.24, 2.45) is 0 Å². The molecule has 2 heterocycles. The van der Waals surface area contributed by atoms with Crippen LogP contribution >= 0.6 is 23.1 Å². The molecule has 0 spiro atoms. The van der Waals surface area contributed by atoms with E-state index in [2.05, 4.69) is 17.2 Å². The number of carbonyl (C=O) groups excluding carboxylic acids is 1. The van der Waals surface area contributed by atoms with Crippen LogP contribution in [-0.2, 0) is 11.2 Å². The van der Waals surface area contributed by atoms with Gasteiger partial charge in [-0.1, -0.05) is 49.4 Å². The van der Waals surface area contributed by atoms with Crippen molar-refractivity contribution in [1.29, 1.82) is 0 Å². The molecule has 2 aromatic heterocycles. The summed E-state index contributed by atoms with van der Waals surface area (Å²) in [6.45, 7) is 2.16. The van der Waals surface area contributed by atoms with Crippen LogP contribution in [0.3, 0.4) is 0 Å². The third-order valence-electron chi connectivity index (χ3n) is 4.93. The molecule has 0 aliphatic carbocycles. The molecule has 5 nitrogen and oxygen atoms in total. The van der Waals surface area contributed by atoms with Crippen LogP contribution in [0.15, 0.2) is 69.9 Å². The lowest BCUT2D eigenvalue weighted by molar-refractivity contribution is -0.113. The van der Waals surface area contributed by atoms with Crippen LogP contribution < -0.4 is 10.9 Å². The van der Waals surface area contributed by atoms with Gasteiger partial charge in [0.05, 0.1) is 17.0 Å². The summed E-state index contributed by atoms with van der Waals surface area (Å²) in [6.07, 6.45) is 3.29. The van der Waals surface area contributed by atoms with Gasteiger partial charge < -0.3 is 5.32 Å². The van der Waals surface area contributed by atoms with Crippen molar-refractivity contribution in [3.63, 3.8) is 0 Å².